The van der Waals surface area contributed by atoms with Crippen LogP contribution in [0.3, 0.4) is 0 Å². The summed E-state index contributed by atoms with van der Waals surface area (Å²) >= 11 is 6.93. The molecule has 1 rings (SSSR count). The predicted octanol–water partition coefficient (Wildman–Crippen LogP) is 2.40. The molecule has 0 bridgehead atoms. The summed E-state index contributed by atoms with van der Waals surface area (Å²) in [6.07, 6.45) is 4.02. The smallest absolute Gasteiger partial charge is 0.243 e. The zero-order valence-corrected chi connectivity index (χ0v) is 14.2. The summed E-state index contributed by atoms with van der Waals surface area (Å²) in [5.74, 6) is 1.01. The Hall–Kier alpha value is -1.27. The summed E-state index contributed by atoms with van der Waals surface area (Å²) in [4.78, 5) is 11.9. The van der Waals surface area contributed by atoms with Crippen LogP contribution in [0.15, 0.2) is 24.3 Å². The number of rotatable bonds is 8. The highest BCUT2D eigenvalue weighted by Crippen LogP contribution is 2.14. The highest BCUT2D eigenvalue weighted by molar-refractivity contribution is 7.98. The second-order valence-corrected chi connectivity index (χ2v) is 5.91. The van der Waals surface area contributed by atoms with E-state index in [0.717, 1.165) is 36.4 Å². The average molecular weight is 326 g/mol. The van der Waals surface area contributed by atoms with Gasteiger partial charge in [0.1, 0.15) is 0 Å². The molecule has 21 heavy (non-hydrogen) atoms. The molecule has 1 aromatic rings. The lowest BCUT2D eigenvalue weighted by atomic mass is 10.1. The van der Waals surface area contributed by atoms with Crippen LogP contribution in [-0.2, 0) is 11.2 Å². The van der Waals surface area contributed by atoms with Crippen molar-refractivity contribution in [1.29, 1.82) is 0 Å². The van der Waals surface area contributed by atoms with E-state index in [1.54, 1.807) is 0 Å². The Kier molecular flexibility index (Phi) is 8.85. The van der Waals surface area contributed by atoms with Crippen molar-refractivity contribution in [2.45, 2.75) is 19.8 Å². The molecule has 4 nitrogen and oxygen atoms in total. The van der Waals surface area contributed by atoms with Gasteiger partial charge in [0.25, 0.3) is 0 Å². The van der Waals surface area contributed by atoms with Crippen LogP contribution in [0.2, 0.25) is 0 Å². The van der Waals surface area contributed by atoms with Crippen molar-refractivity contribution in [3.05, 3.63) is 29.8 Å². The van der Waals surface area contributed by atoms with Crippen molar-refractivity contribution in [2.24, 2.45) is 0 Å². The second-order valence-electron chi connectivity index (χ2n) is 4.51. The van der Waals surface area contributed by atoms with Crippen molar-refractivity contribution < 1.29 is 4.79 Å². The summed E-state index contributed by atoms with van der Waals surface area (Å²) in [6.45, 7) is 3.07. The third kappa shape index (κ3) is 7.34. The summed E-state index contributed by atoms with van der Waals surface area (Å²) in [6, 6.07) is 7.82. The molecule has 116 valence electrons. The van der Waals surface area contributed by atoms with Crippen LogP contribution in [0.25, 0.3) is 0 Å². The molecule has 1 amide bonds. The molecule has 0 aromatic heterocycles. The molecule has 0 fully saturated rings. The quantitative estimate of drug-likeness (QED) is 0.506. The number of nitrogens with one attached hydrogen (secondary N) is 3. The molecule has 0 aliphatic heterocycles. The van der Waals surface area contributed by atoms with E-state index in [4.69, 9.17) is 12.2 Å². The van der Waals surface area contributed by atoms with E-state index >= 15 is 0 Å². The van der Waals surface area contributed by atoms with Crippen molar-refractivity contribution in [3.63, 3.8) is 0 Å². The molecule has 1 aromatic carbocycles. The van der Waals surface area contributed by atoms with E-state index in [1.165, 1.54) is 0 Å². The van der Waals surface area contributed by atoms with Crippen molar-refractivity contribution in [1.82, 2.24) is 10.6 Å². The van der Waals surface area contributed by atoms with Crippen LogP contribution in [0, 0.1) is 0 Å². The molecule has 0 aliphatic carbocycles. The number of para-hydroxylation sites is 1. The summed E-state index contributed by atoms with van der Waals surface area (Å²) in [7, 11) is 0. The summed E-state index contributed by atoms with van der Waals surface area (Å²) in [5.41, 5.74) is 1.99. The number of carbonyl (C=O) groups is 1. The third-order valence-corrected chi connectivity index (χ3v) is 3.88. The van der Waals surface area contributed by atoms with Gasteiger partial charge < -0.3 is 16.0 Å². The number of thioether (sulfide) groups is 1. The molecule has 0 aliphatic rings. The first kappa shape index (κ1) is 17.8. The zero-order chi connectivity index (χ0) is 15.5. The van der Waals surface area contributed by atoms with E-state index < -0.39 is 0 Å². The Morgan fingerprint density at radius 3 is 2.76 bits per heavy atom. The van der Waals surface area contributed by atoms with Crippen LogP contribution in [0.1, 0.15) is 18.9 Å². The Morgan fingerprint density at radius 2 is 2.05 bits per heavy atom. The Morgan fingerprint density at radius 1 is 1.29 bits per heavy atom. The topological polar surface area (TPSA) is 53.2 Å². The summed E-state index contributed by atoms with van der Waals surface area (Å²) in [5, 5.41) is 9.43. The first-order valence-electron chi connectivity index (χ1n) is 7.05. The monoisotopic (exact) mass is 325 g/mol. The summed E-state index contributed by atoms with van der Waals surface area (Å²) < 4.78 is 0. The fourth-order valence-electron chi connectivity index (χ4n) is 1.79. The van der Waals surface area contributed by atoms with Crippen LogP contribution in [-0.4, -0.2) is 36.1 Å². The van der Waals surface area contributed by atoms with Crippen LogP contribution in [0.4, 0.5) is 5.69 Å². The van der Waals surface area contributed by atoms with E-state index in [2.05, 4.69) is 29.1 Å². The molecule has 0 atom stereocenters. The largest absolute Gasteiger partial charge is 0.363 e. The average Bonchev–Trinajstić information content (AvgIpc) is 2.50. The van der Waals surface area contributed by atoms with Crippen LogP contribution >= 0.6 is 24.0 Å². The number of aryl methyl sites for hydroxylation is 1. The van der Waals surface area contributed by atoms with Crippen molar-refractivity contribution in [3.8, 4) is 0 Å². The highest BCUT2D eigenvalue weighted by atomic mass is 32.2. The van der Waals surface area contributed by atoms with E-state index in [-0.39, 0.29) is 12.5 Å². The van der Waals surface area contributed by atoms with Gasteiger partial charge in [-0.25, -0.2) is 0 Å². The van der Waals surface area contributed by atoms with Gasteiger partial charge >= 0.3 is 0 Å². The normalized spacial score (nSPS) is 10.0. The minimum atomic E-state index is -0.0934. The molecule has 0 radical (unpaired) electrons. The van der Waals surface area contributed by atoms with Crippen molar-refractivity contribution in [2.75, 3.05) is 30.4 Å². The third-order valence-electron chi connectivity index (χ3n) is 2.89. The molecule has 3 N–H and O–H groups in total. The van der Waals surface area contributed by atoms with E-state index in [1.807, 2.05) is 36.0 Å². The first-order chi connectivity index (χ1) is 10.2. The molecule has 0 spiro atoms. The Labute approximate surface area is 136 Å². The minimum Gasteiger partial charge on any atom is -0.363 e. The maximum atomic E-state index is 11.9. The number of hydrogen-bond donors (Lipinski definition) is 3. The number of carbonyl (C=O) groups excluding carboxylic acids is 1. The molecule has 0 saturated carbocycles. The fraction of sp³-hybridized carbons (Fsp3) is 0.467. The standard InChI is InChI=1S/C15H23N3OS2/c1-3-12-7-4-5-8-13(12)18-14(19)11-17-15(20)16-9-6-10-21-2/h4-5,7-8H,3,6,9-11H2,1-2H3,(H,18,19)(H2,16,17,20). The van der Waals surface area contributed by atoms with Gasteiger partial charge in [0.05, 0.1) is 6.54 Å². The van der Waals surface area contributed by atoms with Gasteiger partial charge in [-0.15, -0.1) is 0 Å². The zero-order valence-electron chi connectivity index (χ0n) is 12.6. The van der Waals surface area contributed by atoms with Gasteiger partial charge in [-0.2, -0.15) is 11.8 Å². The number of hydrogen-bond acceptors (Lipinski definition) is 3. The lowest BCUT2D eigenvalue weighted by Gasteiger charge is -2.12. The van der Waals surface area contributed by atoms with Gasteiger partial charge in [0, 0.05) is 12.2 Å². The number of benzene rings is 1. The van der Waals surface area contributed by atoms with Gasteiger partial charge in [0.15, 0.2) is 5.11 Å². The number of thiocarbonyl (C=S) groups is 1. The Balaban J connectivity index is 2.29. The molecular formula is C15H23N3OS2. The second kappa shape index (κ2) is 10.5. The molecule has 6 heteroatoms. The SMILES string of the molecule is CCc1ccccc1NC(=O)CNC(=S)NCCCSC. The highest BCUT2D eigenvalue weighted by Gasteiger charge is 2.05. The molecule has 0 heterocycles. The molecule has 0 unspecified atom stereocenters. The molecular weight excluding hydrogens is 302 g/mol. The van der Waals surface area contributed by atoms with Gasteiger partial charge in [-0.3, -0.25) is 4.79 Å². The fourth-order valence-corrected chi connectivity index (χ4v) is 2.39. The lowest BCUT2D eigenvalue weighted by molar-refractivity contribution is -0.115. The van der Waals surface area contributed by atoms with Crippen LogP contribution < -0.4 is 16.0 Å². The van der Waals surface area contributed by atoms with E-state index in [9.17, 15) is 4.79 Å². The predicted molar refractivity (Wildman–Crippen MR) is 96.1 cm³/mol. The first-order valence-corrected chi connectivity index (χ1v) is 8.86. The van der Waals surface area contributed by atoms with Crippen molar-refractivity contribution >= 4 is 40.7 Å². The molecule has 0 saturated heterocycles. The Bertz CT molecular complexity index is 466. The number of anilines is 1. The van der Waals surface area contributed by atoms with Gasteiger partial charge in [0.2, 0.25) is 5.91 Å². The number of amides is 1. The van der Waals surface area contributed by atoms with Gasteiger partial charge in [-0.1, -0.05) is 25.1 Å². The lowest BCUT2D eigenvalue weighted by Crippen LogP contribution is -2.40. The maximum Gasteiger partial charge on any atom is 0.243 e. The van der Waals surface area contributed by atoms with Crippen LogP contribution in [0.5, 0.6) is 0 Å². The minimum absolute atomic E-state index is 0.0934. The van der Waals surface area contributed by atoms with Gasteiger partial charge in [-0.05, 0) is 48.7 Å². The maximum absolute atomic E-state index is 11.9. The van der Waals surface area contributed by atoms with E-state index in [0.29, 0.717) is 5.11 Å².